The van der Waals surface area contributed by atoms with Crippen LogP contribution >= 0.6 is 0 Å². The second kappa shape index (κ2) is 26.7. The first kappa shape index (κ1) is 27.7. The van der Waals surface area contributed by atoms with E-state index < -0.39 is 6.16 Å². The van der Waals surface area contributed by atoms with E-state index in [9.17, 15) is 0 Å². The van der Waals surface area contributed by atoms with Gasteiger partial charge in [0.15, 0.2) is 0 Å². The summed E-state index contributed by atoms with van der Waals surface area (Å²) in [6, 6.07) is 0. The standard InChI is InChI=1S/C18H37.CH2O3.Li/c1-3-5-7-9-11-13-15-17-18-16-14-12-10-8-6-4-2;2-1(3)4;/h1,3-18H2,2H3;(H2,2,3,4);/q-1;;+1. The molecule has 0 heterocycles. The first-order chi connectivity index (χ1) is 10.6. The van der Waals surface area contributed by atoms with E-state index >= 15 is 0 Å². The largest absolute Gasteiger partial charge is 1.00 e. The zero-order valence-electron chi connectivity index (χ0n) is 15.8. The predicted molar refractivity (Wildman–Crippen MR) is 95.6 cm³/mol. The van der Waals surface area contributed by atoms with Crippen molar-refractivity contribution in [2.24, 2.45) is 0 Å². The Morgan fingerprint density at radius 1 is 0.652 bits per heavy atom. The SMILES string of the molecule is O=C(O)O.[CH2-]CCCCCCCCCCCCCCCCC.[Li+]. The smallest absolute Gasteiger partial charge is 0.450 e. The van der Waals surface area contributed by atoms with Crippen LogP contribution in [0.4, 0.5) is 4.79 Å². The number of carbonyl (C=O) groups is 1. The van der Waals surface area contributed by atoms with Crippen LogP contribution < -0.4 is 18.9 Å². The molecule has 0 rings (SSSR count). The zero-order valence-corrected chi connectivity index (χ0v) is 15.8. The molecule has 0 saturated heterocycles. The molecule has 3 nitrogen and oxygen atoms in total. The second-order valence-corrected chi connectivity index (χ2v) is 6.09. The molecule has 134 valence electrons. The van der Waals surface area contributed by atoms with Crippen LogP contribution in [0.25, 0.3) is 0 Å². The van der Waals surface area contributed by atoms with Gasteiger partial charge in [-0.25, -0.2) is 4.79 Å². The molecule has 0 aliphatic carbocycles. The molecule has 23 heavy (non-hydrogen) atoms. The Bertz CT molecular complexity index is 191. The Morgan fingerprint density at radius 2 is 0.870 bits per heavy atom. The molecular formula is C19H39LiO3. The summed E-state index contributed by atoms with van der Waals surface area (Å²) in [6.07, 6.45) is 21.0. The van der Waals surface area contributed by atoms with Crippen molar-refractivity contribution >= 4 is 6.16 Å². The van der Waals surface area contributed by atoms with Crippen LogP contribution in [0.3, 0.4) is 0 Å². The van der Waals surface area contributed by atoms with Crippen molar-refractivity contribution in [3.63, 3.8) is 0 Å². The van der Waals surface area contributed by atoms with Gasteiger partial charge in [-0.3, -0.25) is 0 Å². The van der Waals surface area contributed by atoms with Gasteiger partial charge in [-0.05, 0) is 0 Å². The van der Waals surface area contributed by atoms with Crippen molar-refractivity contribution in [1.82, 2.24) is 0 Å². The molecule has 0 radical (unpaired) electrons. The van der Waals surface area contributed by atoms with Crippen molar-refractivity contribution in [2.75, 3.05) is 0 Å². The summed E-state index contributed by atoms with van der Waals surface area (Å²) in [6.45, 7) is 6.18. The monoisotopic (exact) mass is 322 g/mol. The van der Waals surface area contributed by atoms with Gasteiger partial charge in [0.2, 0.25) is 0 Å². The molecule has 0 fully saturated rings. The van der Waals surface area contributed by atoms with Crippen molar-refractivity contribution in [3.8, 4) is 0 Å². The molecular weight excluding hydrogens is 283 g/mol. The van der Waals surface area contributed by atoms with Crippen LogP contribution in [0.5, 0.6) is 0 Å². The molecule has 0 aromatic heterocycles. The number of rotatable bonds is 15. The Hall–Kier alpha value is -0.133. The van der Waals surface area contributed by atoms with E-state index in [0.717, 1.165) is 6.42 Å². The predicted octanol–water partition coefficient (Wildman–Crippen LogP) is 4.31. The van der Waals surface area contributed by atoms with Gasteiger partial charge < -0.3 is 17.1 Å². The summed E-state index contributed by atoms with van der Waals surface area (Å²) in [7, 11) is 0. The van der Waals surface area contributed by atoms with E-state index in [1.165, 1.54) is 96.3 Å². The fraction of sp³-hybridized carbons (Fsp3) is 0.895. The van der Waals surface area contributed by atoms with E-state index in [-0.39, 0.29) is 18.9 Å². The molecule has 0 spiro atoms. The van der Waals surface area contributed by atoms with E-state index in [1.54, 1.807) is 0 Å². The van der Waals surface area contributed by atoms with Crippen LogP contribution in [0.2, 0.25) is 0 Å². The molecule has 2 N–H and O–H groups in total. The molecule has 0 saturated carbocycles. The van der Waals surface area contributed by atoms with Gasteiger partial charge in [0.25, 0.3) is 0 Å². The summed E-state index contributed by atoms with van der Waals surface area (Å²) < 4.78 is 0. The van der Waals surface area contributed by atoms with Gasteiger partial charge >= 0.3 is 25.0 Å². The molecule has 0 aromatic rings. The normalized spacial score (nSPS) is 9.65. The van der Waals surface area contributed by atoms with Gasteiger partial charge in [-0.15, -0.1) is 0 Å². The maximum absolute atomic E-state index is 8.56. The third-order valence-electron chi connectivity index (χ3n) is 3.85. The van der Waals surface area contributed by atoms with Gasteiger partial charge in [-0.2, -0.15) is 6.42 Å². The fourth-order valence-electron chi connectivity index (χ4n) is 2.55. The maximum atomic E-state index is 8.56. The molecule has 4 heteroatoms. The van der Waals surface area contributed by atoms with Gasteiger partial charge in [-0.1, -0.05) is 103 Å². The number of carboxylic acid groups (broad SMARTS) is 2. The summed E-state index contributed by atoms with van der Waals surface area (Å²) in [5, 5.41) is 13.9. The first-order valence-electron chi connectivity index (χ1n) is 9.36. The van der Waals surface area contributed by atoms with Gasteiger partial charge in [0.05, 0.1) is 0 Å². The fourth-order valence-corrected chi connectivity index (χ4v) is 2.55. The minimum absolute atomic E-state index is 0. The molecule has 0 aliphatic rings. The van der Waals surface area contributed by atoms with Gasteiger partial charge in [0.1, 0.15) is 0 Å². The summed E-state index contributed by atoms with van der Waals surface area (Å²) in [4.78, 5) is 8.56. The van der Waals surface area contributed by atoms with Crippen LogP contribution in [0.15, 0.2) is 0 Å². The minimum atomic E-state index is -1.83. The average molecular weight is 322 g/mol. The quantitative estimate of drug-likeness (QED) is 0.268. The van der Waals surface area contributed by atoms with Crippen LogP contribution in [0.1, 0.15) is 110 Å². The third-order valence-corrected chi connectivity index (χ3v) is 3.85. The molecule has 0 aromatic carbocycles. The molecule has 0 bridgehead atoms. The van der Waals surface area contributed by atoms with Crippen LogP contribution in [-0.4, -0.2) is 16.4 Å². The number of unbranched alkanes of at least 4 members (excludes halogenated alkanes) is 15. The summed E-state index contributed by atoms with van der Waals surface area (Å²) in [5.41, 5.74) is 0. The topological polar surface area (TPSA) is 57.5 Å². The van der Waals surface area contributed by atoms with E-state index in [4.69, 9.17) is 15.0 Å². The van der Waals surface area contributed by atoms with Crippen molar-refractivity contribution in [3.05, 3.63) is 6.92 Å². The van der Waals surface area contributed by atoms with E-state index in [2.05, 4.69) is 13.8 Å². The van der Waals surface area contributed by atoms with Crippen LogP contribution in [0, 0.1) is 6.92 Å². The van der Waals surface area contributed by atoms with Crippen molar-refractivity contribution in [2.45, 2.75) is 110 Å². The first-order valence-corrected chi connectivity index (χ1v) is 9.36. The number of hydrogen-bond donors (Lipinski definition) is 2. The van der Waals surface area contributed by atoms with E-state index in [0.29, 0.717) is 0 Å². The third kappa shape index (κ3) is 39.0. The van der Waals surface area contributed by atoms with Crippen LogP contribution in [-0.2, 0) is 0 Å². The Balaban J connectivity index is -0.000000712. The second-order valence-electron chi connectivity index (χ2n) is 6.09. The minimum Gasteiger partial charge on any atom is -0.450 e. The Morgan fingerprint density at radius 3 is 1.09 bits per heavy atom. The summed E-state index contributed by atoms with van der Waals surface area (Å²) in [5.74, 6) is 0. The van der Waals surface area contributed by atoms with Gasteiger partial charge in [0, 0.05) is 0 Å². The van der Waals surface area contributed by atoms with Crippen molar-refractivity contribution in [1.29, 1.82) is 0 Å². The molecule has 0 amide bonds. The Labute approximate surface area is 156 Å². The maximum Gasteiger partial charge on any atom is 1.00 e. The Kier molecular flexibility index (Phi) is 32.2. The van der Waals surface area contributed by atoms with Crippen molar-refractivity contribution < 1.29 is 33.9 Å². The molecule has 0 atom stereocenters. The number of hydrogen-bond acceptors (Lipinski definition) is 1. The zero-order chi connectivity index (χ0) is 16.9. The summed E-state index contributed by atoms with van der Waals surface area (Å²) >= 11 is 0. The molecule has 0 unspecified atom stereocenters. The molecule has 0 aliphatic heterocycles. The average Bonchev–Trinajstić information content (AvgIpc) is 2.47. The van der Waals surface area contributed by atoms with E-state index in [1.807, 2.05) is 0 Å².